The van der Waals surface area contributed by atoms with E-state index in [1.165, 1.54) is 18.3 Å². The highest BCUT2D eigenvalue weighted by Crippen LogP contribution is 2.12. The lowest BCUT2D eigenvalue weighted by Crippen LogP contribution is -1.99. The van der Waals surface area contributed by atoms with Crippen molar-refractivity contribution in [3.63, 3.8) is 0 Å². The molecule has 62 valence electrons. The van der Waals surface area contributed by atoms with Crippen molar-refractivity contribution in [1.82, 2.24) is 4.98 Å². The van der Waals surface area contributed by atoms with E-state index < -0.39 is 12.8 Å². The first kappa shape index (κ1) is 8.62. The van der Waals surface area contributed by atoms with Crippen molar-refractivity contribution in [3.05, 3.63) is 29.6 Å². The minimum absolute atomic E-state index is 0.181. The highest BCUT2D eigenvalue weighted by molar-refractivity contribution is 5.26. The Hall–Kier alpha value is -1.47. The van der Waals surface area contributed by atoms with Crippen LogP contribution in [0, 0.1) is 11.3 Å². The van der Waals surface area contributed by atoms with Gasteiger partial charge in [-0.2, -0.15) is 5.26 Å². The summed E-state index contributed by atoms with van der Waals surface area (Å²) in [4.78, 5) is 3.68. The molecule has 0 radical (unpaired) electrons. The van der Waals surface area contributed by atoms with Gasteiger partial charge >= 0.3 is 0 Å². The third-order valence-corrected chi connectivity index (χ3v) is 1.43. The fourth-order valence-electron chi connectivity index (χ4n) is 0.804. The largest absolute Gasteiger partial charge is 0.386 e. The molecule has 1 heterocycles. The molecule has 1 aromatic rings. The van der Waals surface area contributed by atoms with Crippen molar-refractivity contribution in [2.45, 2.75) is 6.10 Å². The van der Waals surface area contributed by atoms with E-state index in [1.807, 2.05) is 0 Å². The van der Waals surface area contributed by atoms with Crippen molar-refractivity contribution in [2.24, 2.45) is 0 Å². The summed E-state index contributed by atoms with van der Waals surface area (Å²) >= 11 is 0. The normalized spacial score (nSPS) is 12.1. The minimum Gasteiger partial charge on any atom is -0.386 e. The Morgan fingerprint density at radius 2 is 2.50 bits per heavy atom. The van der Waals surface area contributed by atoms with E-state index >= 15 is 0 Å². The molecule has 1 aromatic heterocycles. The topological polar surface area (TPSA) is 56.9 Å². The van der Waals surface area contributed by atoms with Gasteiger partial charge < -0.3 is 5.11 Å². The van der Waals surface area contributed by atoms with E-state index in [0.717, 1.165) is 0 Å². The van der Waals surface area contributed by atoms with Crippen LogP contribution in [0.2, 0.25) is 0 Å². The molecule has 3 nitrogen and oxygen atoms in total. The van der Waals surface area contributed by atoms with Gasteiger partial charge in [0.1, 0.15) is 24.5 Å². The van der Waals surface area contributed by atoms with Gasteiger partial charge in [-0.25, -0.2) is 9.37 Å². The number of hydrogen-bond donors (Lipinski definition) is 1. The third-order valence-electron chi connectivity index (χ3n) is 1.43. The summed E-state index contributed by atoms with van der Waals surface area (Å²) in [6.45, 7) is -0.852. The van der Waals surface area contributed by atoms with Crippen LogP contribution in [0.5, 0.6) is 0 Å². The van der Waals surface area contributed by atoms with Gasteiger partial charge in [0.15, 0.2) is 0 Å². The number of rotatable bonds is 2. The molecule has 0 aliphatic carbocycles. The van der Waals surface area contributed by atoms with Gasteiger partial charge in [0.25, 0.3) is 0 Å². The Bertz CT molecular complexity index is 308. The number of aromatic nitrogens is 1. The fourth-order valence-corrected chi connectivity index (χ4v) is 0.804. The molecule has 0 aromatic carbocycles. The third kappa shape index (κ3) is 1.77. The van der Waals surface area contributed by atoms with Crippen molar-refractivity contribution in [1.29, 1.82) is 5.26 Å². The van der Waals surface area contributed by atoms with Gasteiger partial charge in [0, 0.05) is 6.20 Å². The zero-order valence-electron chi connectivity index (χ0n) is 6.24. The Morgan fingerprint density at radius 1 is 1.75 bits per heavy atom. The SMILES string of the molecule is N#Cc1cc(C(O)CF)ccn1. The number of hydrogen-bond acceptors (Lipinski definition) is 3. The maximum atomic E-state index is 12.0. The average molecular weight is 166 g/mol. The lowest BCUT2D eigenvalue weighted by Gasteiger charge is -2.04. The molecule has 0 amide bonds. The first-order valence-corrected chi connectivity index (χ1v) is 3.38. The number of alkyl halides is 1. The van der Waals surface area contributed by atoms with Crippen LogP contribution in [0.15, 0.2) is 18.3 Å². The summed E-state index contributed by atoms with van der Waals surface area (Å²) in [6, 6.07) is 4.64. The zero-order chi connectivity index (χ0) is 8.97. The van der Waals surface area contributed by atoms with E-state index in [2.05, 4.69) is 4.98 Å². The molecule has 1 rings (SSSR count). The van der Waals surface area contributed by atoms with Crippen molar-refractivity contribution in [2.75, 3.05) is 6.67 Å². The van der Waals surface area contributed by atoms with Gasteiger partial charge in [-0.1, -0.05) is 0 Å². The molecule has 1 atom stereocenters. The molecular weight excluding hydrogens is 159 g/mol. The quantitative estimate of drug-likeness (QED) is 0.711. The lowest BCUT2D eigenvalue weighted by molar-refractivity contribution is 0.141. The van der Waals surface area contributed by atoms with Crippen molar-refractivity contribution < 1.29 is 9.50 Å². The first-order valence-electron chi connectivity index (χ1n) is 3.38. The molecule has 1 N–H and O–H groups in total. The van der Waals surface area contributed by atoms with Crippen LogP contribution < -0.4 is 0 Å². The van der Waals surface area contributed by atoms with E-state index in [-0.39, 0.29) is 5.69 Å². The van der Waals surface area contributed by atoms with Crippen LogP contribution in [-0.4, -0.2) is 16.8 Å². The standard InChI is InChI=1S/C8H7FN2O/c9-4-8(12)6-1-2-11-7(3-6)5-10/h1-3,8,12H,4H2. The van der Waals surface area contributed by atoms with Crippen molar-refractivity contribution in [3.8, 4) is 6.07 Å². The Kier molecular flexibility index (Phi) is 2.72. The molecule has 0 bridgehead atoms. The fraction of sp³-hybridized carbons (Fsp3) is 0.250. The average Bonchev–Trinajstić information content (AvgIpc) is 2.17. The van der Waals surface area contributed by atoms with Gasteiger partial charge in [-0.3, -0.25) is 0 Å². The molecule has 0 spiro atoms. The number of nitrogens with zero attached hydrogens (tertiary/aromatic N) is 2. The summed E-state index contributed by atoms with van der Waals surface area (Å²) in [6.07, 6.45) is 0.215. The molecule has 4 heteroatoms. The van der Waals surface area contributed by atoms with E-state index in [0.29, 0.717) is 5.56 Å². The predicted octanol–water partition coefficient (Wildman–Crippen LogP) is 0.956. The molecule has 0 fully saturated rings. The molecule has 0 saturated carbocycles. The van der Waals surface area contributed by atoms with Gasteiger partial charge in [0.2, 0.25) is 0 Å². The van der Waals surface area contributed by atoms with Crippen LogP contribution >= 0.6 is 0 Å². The number of aliphatic hydroxyl groups excluding tert-OH is 1. The summed E-state index contributed by atoms with van der Waals surface area (Å²) in [5, 5.41) is 17.5. The Morgan fingerprint density at radius 3 is 3.08 bits per heavy atom. The minimum atomic E-state index is -1.15. The maximum absolute atomic E-state index is 12.0. The summed E-state index contributed by atoms with van der Waals surface area (Å²) in [5.74, 6) is 0. The van der Waals surface area contributed by atoms with Crippen LogP contribution in [-0.2, 0) is 0 Å². The second-order valence-corrected chi connectivity index (χ2v) is 2.26. The van der Waals surface area contributed by atoms with Crippen LogP contribution in [0.4, 0.5) is 4.39 Å². The van der Waals surface area contributed by atoms with Crippen LogP contribution in [0.25, 0.3) is 0 Å². The van der Waals surface area contributed by atoms with Crippen molar-refractivity contribution >= 4 is 0 Å². The van der Waals surface area contributed by atoms with Crippen LogP contribution in [0.3, 0.4) is 0 Å². The molecule has 0 saturated heterocycles. The van der Waals surface area contributed by atoms with Gasteiger partial charge in [-0.15, -0.1) is 0 Å². The zero-order valence-corrected chi connectivity index (χ0v) is 6.24. The summed E-state index contributed by atoms with van der Waals surface area (Å²) in [7, 11) is 0. The van der Waals surface area contributed by atoms with Gasteiger partial charge in [0.05, 0.1) is 0 Å². The smallest absolute Gasteiger partial charge is 0.140 e. The highest BCUT2D eigenvalue weighted by atomic mass is 19.1. The maximum Gasteiger partial charge on any atom is 0.140 e. The second kappa shape index (κ2) is 3.79. The summed E-state index contributed by atoms with van der Waals surface area (Å²) in [5.41, 5.74) is 0.559. The molecular formula is C8H7FN2O. The molecule has 0 aliphatic rings. The van der Waals surface area contributed by atoms with E-state index in [9.17, 15) is 4.39 Å². The number of halogens is 1. The van der Waals surface area contributed by atoms with E-state index in [1.54, 1.807) is 6.07 Å². The molecule has 12 heavy (non-hydrogen) atoms. The molecule has 0 aliphatic heterocycles. The first-order chi connectivity index (χ1) is 5.77. The monoisotopic (exact) mass is 166 g/mol. The van der Waals surface area contributed by atoms with E-state index in [4.69, 9.17) is 10.4 Å². The number of pyridine rings is 1. The van der Waals surface area contributed by atoms with Crippen LogP contribution in [0.1, 0.15) is 17.4 Å². The number of aliphatic hydroxyl groups is 1. The Labute approximate surface area is 69.1 Å². The second-order valence-electron chi connectivity index (χ2n) is 2.26. The van der Waals surface area contributed by atoms with Gasteiger partial charge in [-0.05, 0) is 17.7 Å². The summed E-state index contributed by atoms with van der Waals surface area (Å²) < 4.78 is 12.0. The lowest BCUT2D eigenvalue weighted by atomic mass is 10.1. The predicted molar refractivity (Wildman–Crippen MR) is 39.9 cm³/mol. The number of nitriles is 1. The Balaban J connectivity index is 2.95. The molecule has 1 unspecified atom stereocenters. The highest BCUT2D eigenvalue weighted by Gasteiger charge is 2.06.